The second kappa shape index (κ2) is 4.51. The van der Waals surface area contributed by atoms with E-state index in [4.69, 9.17) is 4.98 Å². The molecule has 0 atom stereocenters. The van der Waals surface area contributed by atoms with Crippen molar-refractivity contribution in [3.8, 4) is 0 Å². The molecule has 0 N–H and O–H groups in total. The third-order valence-corrected chi connectivity index (χ3v) is 5.54. The number of thiazole rings is 1. The number of hydrogen-bond acceptors (Lipinski definition) is 2. The van der Waals surface area contributed by atoms with Gasteiger partial charge >= 0.3 is 0 Å². The number of aromatic nitrogens is 1. The van der Waals surface area contributed by atoms with Crippen molar-refractivity contribution < 1.29 is 0 Å². The summed E-state index contributed by atoms with van der Waals surface area (Å²) >= 11 is 1.91. The minimum absolute atomic E-state index is 0.221. The third-order valence-electron chi connectivity index (χ3n) is 4.04. The maximum atomic E-state index is 4.73. The Morgan fingerprint density at radius 2 is 1.89 bits per heavy atom. The average Bonchev–Trinajstić information content (AvgIpc) is 2.79. The van der Waals surface area contributed by atoms with Gasteiger partial charge in [0.05, 0.1) is 0 Å². The van der Waals surface area contributed by atoms with E-state index in [0.29, 0.717) is 5.92 Å². The highest BCUT2D eigenvalue weighted by molar-refractivity contribution is 7.11. The summed E-state index contributed by atoms with van der Waals surface area (Å²) in [5.41, 5.74) is 1.67. The summed E-state index contributed by atoms with van der Waals surface area (Å²) in [5.74, 6) is 0.587. The zero-order valence-corrected chi connectivity index (χ0v) is 11.8. The molecule has 0 amide bonds. The maximum Gasteiger partial charge on any atom is 0.103 e. The summed E-state index contributed by atoms with van der Waals surface area (Å²) in [6, 6.07) is 10.9. The molecule has 0 saturated heterocycles. The Balaban J connectivity index is 2.01. The molecule has 18 heavy (non-hydrogen) atoms. The van der Waals surface area contributed by atoms with Gasteiger partial charge in [-0.3, -0.25) is 0 Å². The smallest absolute Gasteiger partial charge is 0.103 e. The molecule has 2 aromatic rings. The van der Waals surface area contributed by atoms with Gasteiger partial charge in [0.2, 0.25) is 0 Å². The number of rotatable bonds is 3. The van der Waals surface area contributed by atoms with E-state index in [-0.39, 0.29) is 5.41 Å². The molecule has 1 aromatic heterocycles. The van der Waals surface area contributed by atoms with Crippen LogP contribution in [0.1, 0.15) is 54.5 Å². The summed E-state index contributed by atoms with van der Waals surface area (Å²) in [6.07, 6.45) is 5.91. The minimum atomic E-state index is 0.221. The molecule has 1 fully saturated rings. The van der Waals surface area contributed by atoms with Crippen molar-refractivity contribution in [3.63, 3.8) is 0 Å². The van der Waals surface area contributed by atoms with Crippen molar-refractivity contribution in [3.05, 3.63) is 52.0 Å². The van der Waals surface area contributed by atoms with Crippen LogP contribution in [0.2, 0.25) is 0 Å². The summed E-state index contributed by atoms with van der Waals surface area (Å²) in [6.45, 7) is 4.49. The average molecular weight is 257 g/mol. The van der Waals surface area contributed by atoms with Gasteiger partial charge in [-0.15, -0.1) is 11.3 Å². The van der Waals surface area contributed by atoms with E-state index >= 15 is 0 Å². The predicted octanol–water partition coefficient (Wildman–Crippen LogP) is 4.74. The second-order valence-corrected chi connectivity index (χ2v) is 6.59. The largest absolute Gasteiger partial charge is 0.248 e. The van der Waals surface area contributed by atoms with Crippen LogP contribution in [0, 0.1) is 0 Å². The van der Waals surface area contributed by atoms with Gasteiger partial charge in [-0.05, 0) is 24.3 Å². The van der Waals surface area contributed by atoms with Crippen LogP contribution in [0.3, 0.4) is 0 Å². The molecule has 0 radical (unpaired) electrons. The predicted molar refractivity (Wildman–Crippen MR) is 77.3 cm³/mol. The van der Waals surface area contributed by atoms with Crippen LogP contribution in [0.25, 0.3) is 0 Å². The summed E-state index contributed by atoms with van der Waals surface area (Å²) < 4.78 is 0. The fourth-order valence-electron chi connectivity index (χ4n) is 2.69. The second-order valence-electron chi connectivity index (χ2n) is 5.52. The Labute approximate surface area is 113 Å². The van der Waals surface area contributed by atoms with Crippen molar-refractivity contribution in [1.82, 2.24) is 4.98 Å². The zero-order chi connectivity index (χ0) is 12.6. The third kappa shape index (κ3) is 1.79. The first-order valence-electron chi connectivity index (χ1n) is 6.74. The Hall–Kier alpha value is -1.15. The van der Waals surface area contributed by atoms with Gasteiger partial charge in [0.15, 0.2) is 0 Å². The summed E-state index contributed by atoms with van der Waals surface area (Å²) in [7, 11) is 0. The molecular weight excluding hydrogens is 238 g/mol. The van der Waals surface area contributed by atoms with Crippen LogP contribution in [0.5, 0.6) is 0 Å². The standard InChI is InChI=1S/C16H19NS/c1-12(2)14-11-17-15(18-14)16(9-6-10-16)13-7-4-3-5-8-13/h3-5,7-8,11-12H,6,9-10H2,1-2H3. The molecule has 94 valence electrons. The first kappa shape index (κ1) is 11.9. The van der Waals surface area contributed by atoms with E-state index in [2.05, 4.69) is 50.4 Å². The monoisotopic (exact) mass is 257 g/mol. The first-order valence-corrected chi connectivity index (χ1v) is 7.56. The molecule has 1 nitrogen and oxygen atoms in total. The van der Waals surface area contributed by atoms with Gasteiger partial charge in [-0.25, -0.2) is 4.98 Å². The molecule has 1 aromatic carbocycles. The topological polar surface area (TPSA) is 12.9 Å². The molecule has 1 saturated carbocycles. The highest BCUT2D eigenvalue weighted by Crippen LogP contribution is 2.50. The van der Waals surface area contributed by atoms with Crippen molar-refractivity contribution >= 4 is 11.3 Å². The highest BCUT2D eigenvalue weighted by Gasteiger charge is 2.42. The Kier molecular flexibility index (Phi) is 2.98. The van der Waals surface area contributed by atoms with Gasteiger partial charge < -0.3 is 0 Å². The molecule has 1 heterocycles. The van der Waals surface area contributed by atoms with E-state index in [1.807, 2.05) is 11.3 Å². The van der Waals surface area contributed by atoms with Crippen LogP contribution < -0.4 is 0 Å². The lowest BCUT2D eigenvalue weighted by atomic mass is 9.65. The van der Waals surface area contributed by atoms with Crippen molar-refractivity contribution in [2.45, 2.75) is 44.4 Å². The normalized spacial score (nSPS) is 17.7. The molecular formula is C16H19NS. The maximum absolute atomic E-state index is 4.73. The Morgan fingerprint density at radius 1 is 1.17 bits per heavy atom. The van der Waals surface area contributed by atoms with Crippen molar-refractivity contribution in [2.75, 3.05) is 0 Å². The number of nitrogens with zero attached hydrogens (tertiary/aromatic N) is 1. The lowest BCUT2D eigenvalue weighted by Gasteiger charge is -2.40. The van der Waals surface area contributed by atoms with Crippen molar-refractivity contribution in [2.24, 2.45) is 0 Å². The quantitative estimate of drug-likeness (QED) is 0.774. The van der Waals surface area contributed by atoms with E-state index in [1.165, 1.54) is 34.7 Å². The van der Waals surface area contributed by atoms with Crippen LogP contribution >= 0.6 is 11.3 Å². The van der Waals surface area contributed by atoms with Crippen LogP contribution in [-0.2, 0) is 5.41 Å². The molecule has 0 unspecified atom stereocenters. The summed E-state index contributed by atoms with van der Waals surface area (Å²) in [5, 5.41) is 1.32. The minimum Gasteiger partial charge on any atom is -0.248 e. The molecule has 1 aliphatic rings. The number of benzene rings is 1. The van der Waals surface area contributed by atoms with Crippen LogP contribution in [0.4, 0.5) is 0 Å². The molecule has 1 aliphatic carbocycles. The first-order chi connectivity index (χ1) is 8.72. The van der Waals surface area contributed by atoms with Gasteiger partial charge in [0.25, 0.3) is 0 Å². The fourth-order valence-corrected chi connectivity index (χ4v) is 3.88. The van der Waals surface area contributed by atoms with Crippen LogP contribution in [0.15, 0.2) is 36.5 Å². The van der Waals surface area contributed by atoms with Gasteiger partial charge in [0.1, 0.15) is 5.01 Å². The molecule has 0 bridgehead atoms. The Morgan fingerprint density at radius 3 is 2.39 bits per heavy atom. The van der Waals surface area contributed by atoms with E-state index in [9.17, 15) is 0 Å². The lowest BCUT2D eigenvalue weighted by Crippen LogP contribution is -2.35. The van der Waals surface area contributed by atoms with Crippen LogP contribution in [-0.4, -0.2) is 4.98 Å². The van der Waals surface area contributed by atoms with Gasteiger partial charge in [-0.2, -0.15) is 0 Å². The number of hydrogen-bond donors (Lipinski definition) is 0. The van der Waals surface area contributed by atoms with Crippen molar-refractivity contribution in [1.29, 1.82) is 0 Å². The molecule has 3 rings (SSSR count). The fraction of sp³-hybridized carbons (Fsp3) is 0.438. The lowest BCUT2D eigenvalue weighted by molar-refractivity contribution is 0.300. The highest BCUT2D eigenvalue weighted by atomic mass is 32.1. The Bertz CT molecular complexity index is 523. The summed E-state index contributed by atoms with van der Waals surface area (Å²) in [4.78, 5) is 6.14. The SMILES string of the molecule is CC(C)c1cnc(C2(c3ccccc3)CCC2)s1. The van der Waals surface area contributed by atoms with Gasteiger partial charge in [-0.1, -0.05) is 50.6 Å². The van der Waals surface area contributed by atoms with E-state index in [1.54, 1.807) is 0 Å². The van der Waals surface area contributed by atoms with E-state index < -0.39 is 0 Å². The van der Waals surface area contributed by atoms with Gasteiger partial charge in [0, 0.05) is 16.5 Å². The zero-order valence-electron chi connectivity index (χ0n) is 11.0. The molecule has 2 heteroatoms. The molecule has 0 spiro atoms. The molecule has 0 aliphatic heterocycles. The van der Waals surface area contributed by atoms with E-state index in [0.717, 1.165) is 0 Å².